The van der Waals surface area contributed by atoms with Crippen molar-refractivity contribution in [1.82, 2.24) is 5.06 Å². The van der Waals surface area contributed by atoms with Gasteiger partial charge in [0.25, 0.3) is 0 Å². The summed E-state index contributed by atoms with van der Waals surface area (Å²) >= 11 is 7.78. The third-order valence-electron chi connectivity index (χ3n) is 1.77. The number of hydrogen-bond donors (Lipinski definition) is 0. The molecule has 0 spiro atoms. The molecule has 0 aliphatic carbocycles. The van der Waals surface area contributed by atoms with E-state index >= 15 is 0 Å². The Labute approximate surface area is 115 Å². The van der Waals surface area contributed by atoms with Crippen LogP contribution in [0.15, 0.2) is 35.2 Å². The van der Waals surface area contributed by atoms with E-state index in [9.17, 15) is 4.79 Å². The second-order valence-corrected chi connectivity index (χ2v) is 5.52. The molecular formula is C11H13NO2S3. The average molecular weight is 287 g/mol. The normalized spacial score (nSPS) is 9.76. The van der Waals surface area contributed by atoms with Crippen molar-refractivity contribution in [3.05, 3.63) is 30.3 Å². The van der Waals surface area contributed by atoms with Gasteiger partial charge in [-0.25, -0.2) is 4.79 Å². The molecule has 1 rings (SSSR count). The molecule has 0 fully saturated rings. The van der Waals surface area contributed by atoms with Crippen molar-refractivity contribution >= 4 is 46.0 Å². The molecule has 3 nitrogen and oxygen atoms in total. The number of carbonyl (C=O) groups excluding carboxylic acids is 1. The molecule has 0 aromatic heterocycles. The van der Waals surface area contributed by atoms with Gasteiger partial charge < -0.3 is 4.84 Å². The molecule has 0 aliphatic rings. The van der Waals surface area contributed by atoms with Crippen LogP contribution in [-0.4, -0.2) is 34.4 Å². The van der Waals surface area contributed by atoms with Crippen molar-refractivity contribution < 1.29 is 9.63 Å². The van der Waals surface area contributed by atoms with Crippen LogP contribution < -0.4 is 0 Å². The van der Waals surface area contributed by atoms with Gasteiger partial charge in [0.05, 0.1) is 5.75 Å². The van der Waals surface area contributed by atoms with Crippen LogP contribution in [0.1, 0.15) is 0 Å². The summed E-state index contributed by atoms with van der Waals surface area (Å²) in [7, 11) is 1.63. The molecule has 0 amide bonds. The first-order chi connectivity index (χ1) is 8.13. The molecular weight excluding hydrogens is 274 g/mol. The highest BCUT2D eigenvalue weighted by Crippen LogP contribution is 2.17. The Balaban J connectivity index is 2.33. The zero-order chi connectivity index (χ0) is 12.7. The number of thioether (sulfide) groups is 2. The highest BCUT2D eigenvalue weighted by atomic mass is 32.2. The van der Waals surface area contributed by atoms with Crippen LogP contribution in [-0.2, 0) is 9.63 Å². The van der Waals surface area contributed by atoms with Crippen molar-refractivity contribution in [3.8, 4) is 0 Å². The Kier molecular flexibility index (Phi) is 6.39. The van der Waals surface area contributed by atoms with E-state index in [0.29, 0.717) is 4.32 Å². The first-order valence-corrected chi connectivity index (χ1v) is 7.45. The molecule has 1 aromatic carbocycles. The van der Waals surface area contributed by atoms with Gasteiger partial charge in [-0.15, -0.1) is 11.8 Å². The smallest absolute Gasteiger partial charge is 0.339 e. The Morgan fingerprint density at radius 3 is 2.65 bits per heavy atom. The lowest BCUT2D eigenvalue weighted by Crippen LogP contribution is -2.27. The number of thiocarbonyl (C=S) groups is 1. The summed E-state index contributed by atoms with van der Waals surface area (Å²) in [6.45, 7) is 0. The third kappa shape index (κ3) is 5.43. The molecule has 0 atom stereocenters. The highest BCUT2D eigenvalue weighted by Gasteiger charge is 2.10. The summed E-state index contributed by atoms with van der Waals surface area (Å²) < 4.78 is 0.531. The quantitative estimate of drug-likeness (QED) is 0.482. The average Bonchev–Trinajstić information content (AvgIpc) is 2.36. The minimum absolute atomic E-state index is 0.269. The second-order valence-electron chi connectivity index (χ2n) is 3.03. The van der Waals surface area contributed by atoms with Gasteiger partial charge in [0.15, 0.2) is 4.32 Å². The zero-order valence-electron chi connectivity index (χ0n) is 9.58. The first-order valence-electron chi connectivity index (χ1n) is 4.84. The molecule has 0 heterocycles. The van der Waals surface area contributed by atoms with E-state index in [4.69, 9.17) is 17.1 Å². The van der Waals surface area contributed by atoms with Crippen LogP contribution in [0.3, 0.4) is 0 Å². The van der Waals surface area contributed by atoms with Gasteiger partial charge in [-0.05, 0) is 30.6 Å². The second kappa shape index (κ2) is 7.58. The van der Waals surface area contributed by atoms with E-state index in [0.717, 1.165) is 4.90 Å². The Morgan fingerprint density at radius 2 is 2.06 bits per heavy atom. The lowest BCUT2D eigenvalue weighted by atomic mass is 10.4. The fourth-order valence-electron chi connectivity index (χ4n) is 1.00. The highest BCUT2D eigenvalue weighted by molar-refractivity contribution is 8.22. The van der Waals surface area contributed by atoms with E-state index in [1.165, 1.54) is 28.6 Å². The Morgan fingerprint density at radius 1 is 1.41 bits per heavy atom. The van der Waals surface area contributed by atoms with E-state index in [1.54, 1.807) is 7.05 Å². The zero-order valence-corrected chi connectivity index (χ0v) is 12.0. The number of carbonyl (C=O) groups is 1. The van der Waals surface area contributed by atoms with Crippen molar-refractivity contribution in [1.29, 1.82) is 0 Å². The van der Waals surface area contributed by atoms with Crippen LogP contribution >= 0.6 is 35.7 Å². The van der Waals surface area contributed by atoms with E-state index in [1.807, 2.05) is 36.6 Å². The van der Waals surface area contributed by atoms with Crippen molar-refractivity contribution in [3.63, 3.8) is 0 Å². The largest absolute Gasteiger partial charge is 0.342 e. The molecule has 6 heteroatoms. The minimum Gasteiger partial charge on any atom is -0.339 e. The van der Waals surface area contributed by atoms with E-state index in [-0.39, 0.29) is 11.7 Å². The van der Waals surface area contributed by atoms with Gasteiger partial charge >= 0.3 is 5.97 Å². The van der Waals surface area contributed by atoms with Crippen molar-refractivity contribution in [2.75, 3.05) is 19.1 Å². The molecule has 1 aromatic rings. The summed E-state index contributed by atoms with van der Waals surface area (Å²) in [5.74, 6) is -0.0384. The summed E-state index contributed by atoms with van der Waals surface area (Å²) in [5, 5.41) is 1.31. The van der Waals surface area contributed by atoms with Gasteiger partial charge in [0.2, 0.25) is 0 Å². The van der Waals surface area contributed by atoms with Crippen molar-refractivity contribution in [2.45, 2.75) is 4.90 Å². The van der Waals surface area contributed by atoms with E-state index in [2.05, 4.69) is 0 Å². The lowest BCUT2D eigenvalue weighted by molar-refractivity contribution is -0.164. The predicted octanol–water partition coefficient (Wildman–Crippen LogP) is 2.82. The summed E-state index contributed by atoms with van der Waals surface area (Å²) in [6.07, 6.45) is 1.84. The van der Waals surface area contributed by atoms with Gasteiger partial charge in [0.1, 0.15) is 0 Å². The van der Waals surface area contributed by atoms with Crippen molar-refractivity contribution in [2.24, 2.45) is 0 Å². The lowest BCUT2D eigenvalue weighted by Gasteiger charge is -2.16. The Hall–Kier alpha value is -0.720. The van der Waals surface area contributed by atoms with Crippen LogP contribution in [0.4, 0.5) is 0 Å². The maximum absolute atomic E-state index is 11.5. The first kappa shape index (κ1) is 14.3. The summed E-state index contributed by atoms with van der Waals surface area (Å²) in [4.78, 5) is 17.6. The van der Waals surface area contributed by atoms with Gasteiger partial charge in [-0.1, -0.05) is 30.0 Å². The van der Waals surface area contributed by atoms with Gasteiger partial charge in [-0.2, -0.15) is 5.06 Å². The summed E-state index contributed by atoms with van der Waals surface area (Å²) in [5.41, 5.74) is 0. The molecule has 0 aliphatic heterocycles. The number of benzene rings is 1. The molecule has 0 radical (unpaired) electrons. The van der Waals surface area contributed by atoms with Gasteiger partial charge in [-0.3, -0.25) is 0 Å². The monoisotopic (exact) mass is 287 g/mol. The van der Waals surface area contributed by atoms with Crippen LogP contribution in [0.2, 0.25) is 0 Å². The molecule has 0 unspecified atom stereocenters. The van der Waals surface area contributed by atoms with Crippen LogP contribution in [0, 0.1) is 0 Å². The molecule has 17 heavy (non-hydrogen) atoms. The SMILES string of the molecule is CSC(=S)N(C)OC(=O)CSc1ccccc1. The number of nitrogens with zero attached hydrogens (tertiary/aromatic N) is 1. The molecule has 0 saturated heterocycles. The Bertz CT molecular complexity index is 384. The maximum Gasteiger partial charge on any atom is 0.342 e. The summed E-state index contributed by atoms with van der Waals surface area (Å²) in [6, 6.07) is 9.71. The maximum atomic E-state index is 11.5. The van der Waals surface area contributed by atoms with Crippen LogP contribution in [0.5, 0.6) is 0 Å². The molecule has 0 N–H and O–H groups in total. The molecule has 0 bridgehead atoms. The fraction of sp³-hybridized carbons (Fsp3) is 0.273. The fourth-order valence-corrected chi connectivity index (χ4v) is 2.02. The topological polar surface area (TPSA) is 29.5 Å². The predicted molar refractivity (Wildman–Crippen MR) is 77.1 cm³/mol. The standard InChI is InChI=1S/C11H13NO2S3/c1-12(11(15)16-2)14-10(13)8-17-9-6-4-3-5-7-9/h3-7H,8H2,1-2H3. The number of hydroxylamine groups is 2. The minimum atomic E-state index is -0.308. The molecule has 92 valence electrons. The number of rotatable bonds is 3. The number of hydrogen-bond acceptors (Lipinski definition) is 5. The van der Waals surface area contributed by atoms with Crippen LogP contribution in [0.25, 0.3) is 0 Å². The van der Waals surface area contributed by atoms with E-state index < -0.39 is 0 Å². The third-order valence-corrected chi connectivity index (χ3v) is 4.12. The van der Waals surface area contributed by atoms with Gasteiger partial charge in [0, 0.05) is 11.9 Å². The molecule has 0 saturated carbocycles.